The maximum absolute atomic E-state index is 13.0. The Balaban J connectivity index is 1.47. The first-order valence-corrected chi connectivity index (χ1v) is 10.1. The molecule has 0 radical (unpaired) electrons. The fraction of sp³-hybridized carbons (Fsp3) is 0.304. The summed E-state index contributed by atoms with van der Waals surface area (Å²) in [5.74, 6) is 0.717. The molecule has 4 rings (SSSR count). The number of nitrogens with zero attached hydrogens (tertiary/aromatic N) is 1. The Morgan fingerprint density at radius 1 is 1.06 bits per heavy atom. The summed E-state index contributed by atoms with van der Waals surface area (Å²) in [6, 6.07) is 10.9. The molecule has 0 unspecified atom stereocenters. The van der Waals surface area contributed by atoms with Crippen molar-refractivity contribution in [1.82, 2.24) is 4.98 Å². The summed E-state index contributed by atoms with van der Waals surface area (Å²) in [7, 11) is 4.50. The minimum atomic E-state index is -0.447. The van der Waals surface area contributed by atoms with Crippen molar-refractivity contribution in [3.8, 4) is 17.2 Å². The first-order valence-electron chi connectivity index (χ1n) is 10.1. The number of carbonyl (C=O) groups excluding carboxylic acids is 2. The summed E-state index contributed by atoms with van der Waals surface area (Å²) in [6.45, 7) is 0.703. The summed E-state index contributed by atoms with van der Waals surface area (Å²) in [5, 5.41) is 3.13. The molecule has 2 amide bonds. The van der Waals surface area contributed by atoms with Crippen LogP contribution < -0.4 is 24.4 Å². The van der Waals surface area contributed by atoms with Crippen LogP contribution >= 0.6 is 0 Å². The number of hydrogen-bond donors (Lipinski definition) is 2. The number of benzene rings is 2. The van der Waals surface area contributed by atoms with Gasteiger partial charge in [-0.25, -0.2) is 4.90 Å². The molecular weight excluding hydrogens is 398 g/mol. The molecular formula is C23H26N3O5+. The van der Waals surface area contributed by atoms with Crippen molar-refractivity contribution in [3.05, 3.63) is 48.2 Å². The van der Waals surface area contributed by atoms with E-state index in [9.17, 15) is 9.59 Å². The highest BCUT2D eigenvalue weighted by Gasteiger charge is 2.42. The number of aromatic nitrogens is 1. The van der Waals surface area contributed by atoms with Gasteiger partial charge in [-0.05, 0) is 11.6 Å². The van der Waals surface area contributed by atoms with E-state index in [1.165, 1.54) is 37.2 Å². The minimum Gasteiger partial charge on any atom is -0.493 e. The predicted molar refractivity (Wildman–Crippen MR) is 116 cm³/mol. The number of carbonyl (C=O) groups is 2. The van der Waals surface area contributed by atoms with E-state index in [-0.39, 0.29) is 18.2 Å². The molecule has 162 valence electrons. The van der Waals surface area contributed by atoms with E-state index in [1.807, 2.05) is 29.7 Å². The molecule has 3 N–H and O–H groups in total. The molecule has 0 aliphatic carbocycles. The fourth-order valence-corrected chi connectivity index (χ4v) is 4.09. The topological polar surface area (TPSA) is 97.5 Å². The molecule has 8 heteroatoms. The number of fused-ring (bicyclic) bond motifs is 1. The lowest BCUT2D eigenvalue weighted by Gasteiger charge is -2.18. The number of anilines is 1. The van der Waals surface area contributed by atoms with Gasteiger partial charge in [0.15, 0.2) is 17.5 Å². The second-order valence-electron chi connectivity index (χ2n) is 7.40. The second kappa shape index (κ2) is 8.69. The highest BCUT2D eigenvalue weighted by Crippen LogP contribution is 2.41. The van der Waals surface area contributed by atoms with Crippen LogP contribution in [0, 0.1) is 0 Å². The van der Waals surface area contributed by atoms with Gasteiger partial charge < -0.3 is 24.5 Å². The van der Waals surface area contributed by atoms with E-state index in [1.54, 1.807) is 12.1 Å². The van der Waals surface area contributed by atoms with Crippen LogP contribution in [0.2, 0.25) is 0 Å². The number of nitrogens with two attached hydrogens (primary N) is 1. The monoisotopic (exact) mass is 424 g/mol. The number of nitrogens with one attached hydrogen (secondary N) is 1. The highest BCUT2D eigenvalue weighted by molar-refractivity contribution is 6.22. The first kappa shape index (κ1) is 20.7. The number of imide groups is 1. The molecule has 0 saturated carbocycles. The van der Waals surface area contributed by atoms with Gasteiger partial charge >= 0.3 is 0 Å². The Morgan fingerprint density at radius 2 is 1.77 bits per heavy atom. The third-order valence-corrected chi connectivity index (χ3v) is 5.63. The van der Waals surface area contributed by atoms with E-state index in [2.05, 4.69) is 11.1 Å². The number of amides is 2. The third kappa shape index (κ3) is 3.82. The van der Waals surface area contributed by atoms with Gasteiger partial charge in [0.2, 0.25) is 11.7 Å². The van der Waals surface area contributed by atoms with Gasteiger partial charge in [-0.2, -0.15) is 0 Å². The molecule has 0 bridgehead atoms. The first-order chi connectivity index (χ1) is 15.1. The number of ether oxygens (including phenoxy) is 3. The molecule has 31 heavy (non-hydrogen) atoms. The number of H-pyrrole nitrogens is 1. The number of rotatable bonds is 8. The average molecular weight is 424 g/mol. The van der Waals surface area contributed by atoms with Gasteiger partial charge in [0, 0.05) is 35.7 Å². The van der Waals surface area contributed by atoms with Crippen molar-refractivity contribution >= 4 is 28.4 Å². The van der Waals surface area contributed by atoms with Crippen molar-refractivity contribution in [2.75, 3.05) is 32.8 Å². The summed E-state index contributed by atoms with van der Waals surface area (Å²) in [5.41, 5.74) is 2.71. The van der Waals surface area contributed by atoms with Crippen LogP contribution in [0.5, 0.6) is 17.2 Å². The lowest BCUT2D eigenvalue weighted by molar-refractivity contribution is -0.674. The smallest absolute Gasteiger partial charge is 0.292 e. The lowest BCUT2D eigenvalue weighted by Crippen LogP contribution is -2.92. The Bertz CT molecular complexity index is 1100. The maximum atomic E-state index is 13.0. The van der Waals surface area contributed by atoms with Gasteiger partial charge in [-0.3, -0.25) is 9.59 Å². The molecule has 2 heterocycles. The lowest BCUT2D eigenvalue weighted by atomic mass is 10.1. The normalized spacial score (nSPS) is 16.2. The van der Waals surface area contributed by atoms with E-state index >= 15 is 0 Å². The van der Waals surface area contributed by atoms with Gasteiger partial charge in [-0.15, -0.1) is 0 Å². The zero-order valence-electron chi connectivity index (χ0n) is 17.8. The van der Waals surface area contributed by atoms with Crippen LogP contribution in [-0.2, 0) is 16.0 Å². The predicted octanol–water partition coefficient (Wildman–Crippen LogP) is 1.63. The summed E-state index contributed by atoms with van der Waals surface area (Å²) in [6.07, 6.45) is 2.96. The van der Waals surface area contributed by atoms with Crippen LogP contribution in [0.1, 0.15) is 12.0 Å². The molecule has 3 aromatic rings. The van der Waals surface area contributed by atoms with Gasteiger partial charge in [-0.1, -0.05) is 18.2 Å². The van der Waals surface area contributed by atoms with Crippen molar-refractivity contribution in [1.29, 1.82) is 0 Å². The molecule has 0 spiro atoms. The summed E-state index contributed by atoms with van der Waals surface area (Å²) in [4.78, 5) is 30.2. The van der Waals surface area contributed by atoms with Gasteiger partial charge in [0.1, 0.15) is 0 Å². The molecule has 2 aromatic carbocycles. The zero-order valence-corrected chi connectivity index (χ0v) is 17.8. The number of para-hydroxylation sites is 1. The zero-order chi connectivity index (χ0) is 22.0. The van der Waals surface area contributed by atoms with Crippen LogP contribution in [0.25, 0.3) is 10.9 Å². The largest absolute Gasteiger partial charge is 0.493 e. The van der Waals surface area contributed by atoms with Crippen LogP contribution in [0.4, 0.5) is 5.69 Å². The van der Waals surface area contributed by atoms with Crippen LogP contribution in [0.15, 0.2) is 42.6 Å². The SMILES string of the molecule is COc1cc(N2C(=O)C[C@H]([NH2+]CCc3c[nH]c4ccccc34)C2=O)cc(OC)c1OC. The molecule has 8 nitrogen and oxygen atoms in total. The Kier molecular flexibility index (Phi) is 5.81. The van der Waals surface area contributed by atoms with Crippen molar-refractivity contribution in [2.24, 2.45) is 0 Å². The van der Waals surface area contributed by atoms with Crippen molar-refractivity contribution < 1.29 is 29.1 Å². The average Bonchev–Trinajstić information content (AvgIpc) is 3.33. The minimum absolute atomic E-state index is 0.156. The van der Waals surface area contributed by atoms with E-state index in [0.717, 1.165) is 11.9 Å². The Hall–Kier alpha value is -3.52. The van der Waals surface area contributed by atoms with E-state index in [4.69, 9.17) is 14.2 Å². The third-order valence-electron chi connectivity index (χ3n) is 5.63. The van der Waals surface area contributed by atoms with Gasteiger partial charge in [0.25, 0.3) is 5.91 Å². The number of aromatic amines is 1. The Morgan fingerprint density at radius 3 is 2.45 bits per heavy atom. The molecule has 1 atom stereocenters. The van der Waals surface area contributed by atoms with E-state index < -0.39 is 6.04 Å². The molecule has 1 aromatic heterocycles. The summed E-state index contributed by atoms with van der Waals surface area (Å²) >= 11 is 0. The number of quaternary nitrogens is 1. The van der Waals surface area contributed by atoms with E-state index in [0.29, 0.717) is 29.5 Å². The quantitative estimate of drug-likeness (QED) is 0.536. The van der Waals surface area contributed by atoms with Crippen molar-refractivity contribution in [2.45, 2.75) is 18.9 Å². The standard InChI is InChI=1S/C23H25N3O5/c1-29-19-10-15(11-20(30-2)22(19)31-3)26-21(27)12-18(23(26)28)24-9-8-14-13-25-17-7-5-4-6-16(14)17/h4-7,10-11,13,18,24-25H,8-9,12H2,1-3H3/p+1/t18-/m0/s1. The van der Waals surface area contributed by atoms with Gasteiger partial charge in [0.05, 0.1) is 40.0 Å². The summed E-state index contributed by atoms with van der Waals surface area (Å²) < 4.78 is 16.0. The maximum Gasteiger partial charge on any atom is 0.292 e. The molecule has 1 aliphatic heterocycles. The fourth-order valence-electron chi connectivity index (χ4n) is 4.09. The highest BCUT2D eigenvalue weighted by atomic mass is 16.5. The molecule has 1 aliphatic rings. The number of methoxy groups -OCH3 is 3. The second-order valence-corrected chi connectivity index (χ2v) is 7.40. The molecule has 1 saturated heterocycles. The molecule has 1 fully saturated rings. The Labute approximate surface area is 180 Å². The van der Waals surface area contributed by atoms with Crippen molar-refractivity contribution in [3.63, 3.8) is 0 Å². The van der Waals surface area contributed by atoms with Crippen LogP contribution in [-0.4, -0.2) is 50.7 Å². The number of hydrogen-bond acceptors (Lipinski definition) is 5. The van der Waals surface area contributed by atoms with Crippen LogP contribution in [0.3, 0.4) is 0 Å².